The third-order valence-corrected chi connectivity index (χ3v) is 6.70. The molecular formula is C20H25N5O4S. The zero-order valence-electron chi connectivity index (χ0n) is 17.1. The van der Waals surface area contributed by atoms with E-state index in [4.69, 9.17) is 4.74 Å². The molecule has 0 radical (unpaired) electrons. The van der Waals surface area contributed by atoms with E-state index in [-0.39, 0.29) is 29.3 Å². The highest BCUT2D eigenvalue weighted by molar-refractivity contribution is 7.16. The average molecular weight is 432 g/mol. The number of anilines is 2. The molecule has 1 aliphatic heterocycles. The van der Waals surface area contributed by atoms with Gasteiger partial charge in [-0.15, -0.1) is 11.3 Å². The third kappa shape index (κ3) is 4.09. The second-order valence-electron chi connectivity index (χ2n) is 7.57. The number of ether oxygens (including phenoxy) is 1. The van der Waals surface area contributed by atoms with Gasteiger partial charge in [0.05, 0.1) is 12.3 Å². The van der Waals surface area contributed by atoms with Gasteiger partial charge in [0, 0.05) is 37.0 Å². The first-order chi connectivity index (χ1) is 14.5. The Morgan fingerprint density at radius 3 is 2.73 bits per heavy atom. The number of amides is 1. The average Bonchev–Trinajstić information content (AvgIpc) is 3.30. The fraction of sp³-hybridized carbons (Fsp3) is 0.550. The summed E-state index contributed by atoms with van der Waals surface area (Å²) in [6.45, 7) is 3.54. The van der Waals surface area contributed by atoms with Crippen LogP contribution in [0.4, 0.5) is 10.9 Å². The van der Waals surface area contributed by atoms with Gasteiger partial charge in [-0.3, -0.25) is 14.4 Å². The first-order valence-electron chi connectivity index (χ1n) is 10.2. The smallest absolute Gasteiger partial charge is 0.315 e. The molecule has 2 aliphatic rings. The van der Waals surface area contributed by atoms with Crippen LogP contribution in [0.1, 0.15) is 42.7 Å². The molecule has 160 valence electrons. The largest absolute Gasteiger partial charge is 0.465 e. The Bertz CT molecular complexity index is 1010. The first kappa shape index (κ1) is 20.5. The van der Waals surface area contributed by atoms with Crippen LogP contribution in [0.25, 0.3) is 0 Å². The van der Waals surface area contributed by atoms with Crippen LogP contribution >= 0.6 is 11.3 Å². The van der Waals surface area contributed by atoms with E-state index in [1.165, 1.54) is 22.1 Å². The fourth-order valence-corrected chi connectivity index (χ4v) is 5.03. The van der Waals surface area contributed by atoms with E-state index >= 15 is 0 Å². The molecule has 1 saturated heterocycles. The van der Waals surface area contributed by atoms with Crippen molar-refractivity contribution in [3.8, 4) is 0 Å². The molecule has 30 heavy (non-hydrogen) atoms. The van der Waals surface area contributed by atoms with Crippen LogP contribution in [0.2, 0.25) is 0 Å². The van der Waals surface area contributed by atoms with Crippen molar-refractivity contribution in [2.45, 2.75) is 38.5 Å². The number of hydrogen-bond donors (Lipinski definition) is 1. The second kappa shape index (κ2) is 8.55. The van der Waals surface area contributed by atoms with Crippen LogP contribution in [0.15, 0.2) is 16.9 Å². The Balaban J connectivity index is 1.34. The molecule has 2 aromatic rings. The molecule has 10 heteroatoms. The summed E-state index contributed by atoms with van der Waals surface area (Å²) in [5.41, 5.74) is 0.609. The maximum atomic E-state index is 12.7. The number of carbonyl (C=O) groups excluding carboxylic acids is 2. The molecule has 1 fully saturated rings. The summed E-state index contributed by atoms with van der Waals surface area (Å²) in [4.78, 5) is 44.0. The number of piperidine rings is 1. The van der Waals surface area contributed by atoms with Crippen LogP contribution in [-0.2, 0) is 27.8 Å². The summed E-state index contributed by atoms with van der Waals surface area (Å²) in [7, 11) is 1.63. The SMILES string of the molecule is CCOC(=O)[C@H]1CCc2sc(NC(=O)C3CCN(c4ccc(=O)n(C)n4)CC3)nc21. The molecule has 0 saturated carbocycles. The molecule has 3 heterocycles. The maximum Gasteiger partial charge on any atom is 0.315 e. The second-order valence-corrected chi connectivity index (χ2v) is 8.66. The normalized spacial score (nSPS) is 18.9. The number of aromatic nitrogens is 3. The third-order valence-electron chi connectivity index (χ3n) is 5.66. The minimum atomic E-state index is -0.320. The number of nitrogens with one attached hydrogen (secondary N) is 1. The standard InChI is InChI=1S/C20H25N5O4S/c1-3-29-19(28)13-4-5-14-17(13)21-20(30-14)22-18(27)12-8-10-25(11-9-12)15-6-7-16(26)24(2)23-15/h6-7,12-13H,3-5,8-11H2,1-2H3,(H,21,22,27)/t13-/m0/s1. The molecule has 9 nitrogen and oxygen atoms in total. The molecule has 0 unspecified atom stereocenters. The molecule has 1 N–H and O–H groups in total. The molecule has 0 spiro atoms. The highest BCUT2D eigenvalue weighted by atomic mass is 32.1. The van der Waals surface area contributed by atoms with Gasteiger partial charge in [-0.2, -0.15) is 5.10 Å². The van der Waals surface area contributed by atoms with Gasteiger partial charge >= 0.3 is 5.97 Å². The summed E-state index contributed by atoms with van der Waals surface area (Å²) in [5.74, 6) is 0.0483. The van der Waals surface area contributed by atoms with Gasteiger partial charge in [-0.1, -0.05) is 0 Å². The van der Waals surface area contributed by atoms with Crippen molar-refractivity contribution in [1.82, 2.24) is 14.8 Å². The van der Waals surface area contributed by atoms with Crippen molar-refractivity contribution < 1.29 is 14.3 Å². The van der Waals surface area contributed by atoms with Gasteiger partial charge in [0.25, 0.3) is 5.56 Å². The quantitative estimate of drug-likeness (QED) is 0.718. The Morgan fingerprint density at radius 2 is 2.03 bits per heavy atom. The number of carbonyl (C=O) groups is 2. The summed E-state index contributed by atoms with van der Waals surface area (Å²) in [6.07, 6.45) is 2.91. The molecule has 1 aliphatic carbocycles. The Morgan fingerprint density at radius 1 is 1.27 bits per heavy atom. The van der Waals surface area contributed by atoms with Crippen molar-refractivity contribution in [2.75, 3.05) is 29.9 Å². The topological polar surface area (TPSA) is 106 Å². The first-order valence-corrected chi connectivity index (χ1v) is 11.0. The molecule has 0 bridgehead atoms. The summed E-state index contributed by atoms with van der Waals surface area (Å²) >= 11 is 1.45. The number of nitrogens with zero attached hydrogens (tertiary/aromatic N) is 4. The summed E-state index contributed by atoms with van der Waals surface area (Å²) in [6, 6.07) is 3.23. The van der Waals surface area contributed by atoms with E-state index < -0.39 is 0 Å². The van der Waals surface area contributed by atoms with Crippen LogP contribution in [0.3, 0.4) is 0 Å². The van der Waals surface area contributed by atoms with E-state index in [1.807, 2.05) is 0 Å². The van der Waals surface area contributed by atoms with Crippen molar-refractivity contribution in [1.29, 1.82) is 0 Å². The Kier molecular flexibility index (Phi) is 5.85. The van der Waals surface area contributed by atoms with Crippen molar-refractivity contribution in [3.63, 3.8) is 0 Å². The summed E-state index contributed by atoms with van der Waals surface area (Å²) < 4.78 is 6.46. The molecular weight excluding hydrogens is 406 g/mol. The molecule has 2 aromatic heterocycles. The van der Waals surface area contributed by atoms with E-state index in [2.05, 4.69) is 20.3 Å². The Labute approximate surface area is 178 Å². The number of rotatable bonds is 5. The highest BCUT2D eigenvalue weighted by Crippen LogP contribution is 2.39. The molecule has 1 atom stereocenters. The van der Waals surface area contributed by atoms with E-state index in [0.717, 1.165) is 29.2 Å². The van der Waals surface area contributed by atoms with Crippen LogP contribution in [-0.4, -0.2) is 46.3 Å². The van der Waals surface area contributed by atoms with Gasteiger partial charge in [0.2, 0.25) is 5.91 Å². The van der Waals surface area contributed by atoms with E-state index in [9.17, 15) is 14.4 Å². The van der Waals surface area contributed by atoms with E-state index in [1.54, 1.807) is 20.0 Å². The molecule has 0 aromatic carbocycles. The van der Waals surface area contributed by atoms with Crippen molar-refractivity contribution >= 4 is 34.2 Å². The highest BCUT2D eigenvalue weighted by Gasteiger charge is 2.34. The fourth-order valence-electron chi connectivity index (χ4n) is 3.99. The minimum absolute atomic E-state index is 0.0387. The van der Waals surface area contributed by atoms with Crippen LogP contribution < -0.4 is 15.8 Å². The van der Waals surface area contributed by atoms with Gasteiger partial charge < -0.3 is 15.0 Å². The number of hydrogen-bond acceptors (Lipinski definition) is 8. The zero-order chi connectivity index (χ0) is 21.3. The van der Waals surface area contributed by atoms with Gasteiger partial charge in [-0.25, -0.2) is 9.67 Å². The minimum Gasteiger partial charge on any atom is -0.465 e. The van der Waals surface area contributed by atoms with Gasteiger partial charge in [0.15, 0.2) is 5.13 Å². The lowest BCUT2D eigenvalue weighted by atomic mass is 9.96. The number of esters is 1. The summed E-state index contributed by atoms with van der Waals surface area (Å²) in [5, 5.41) is 7.78. The van der Waals surface area contributed by atoms with Crippen LogP contribution in [0, 0.1) is 5.92 Å². The van der Waals surface area contributed by atoms with Crippen LogP contribution in [0.5, 0.6) is 0 Å². The molecule has 1 amide bonds. The van der Waals surface area contributed by atoms with Gasteiger partial charge in [0.1, 0.15) is 11.7 Å². The lowest BCUT2D eigenvalue weighted by Crippen LogP contribution is -2.39. The lowest BCUT2D eigenvalue weighted by Gasteiger charge is -2.31. The lowest BCUT2D eigenvalue weighted by molar-refractivity contribution is -0.145. The van der Waals surface area contributed by atoms with Crippen molar-refractivity contribution in [3.05, 3.63) is 33.1 Å². The predicted octanol–water partition coefficient (Wildman–Crippen LogP) is 1.68. The zero-order valence-corrected chi connectivity index (χ0v) is 17.9. The molecule has 4 rings (SSSR count). The van der Waals surface area contributed by atoms with E-state index in [0.29, 0.717) is 37.7 Å². The number of aryl methyl sites for hydroxylation is 2. The Hall–Kier alpha value is -2.75. The number of fused-ring (bicyclic) bond motifs is 1. The van der Waals surface area contributed by atoms with Gasteiger partial charge in [-0.05, 0) is 38.7 Å². The monoisotopic (exact) mass is 431 g/mol. The predicted molar refractivity (Wildman–Crippen MR) is 113 cm³/mol. The number of thiazole rings is 1. The maximum absolute atomic E-state index is 12.7. The van der Waals surface area contributed by atoms with Crippen molar-refractivity contribution in [2.24, 2.45) is 13.0 Å².